The number of hydroxylamine groups is 1. The van der Waals surface area contributed by atoms with Gasteiger partial charge in [0.05, 0.1) is 11.8 Å². The first-order valence-electron chi connectivity index (χ1n) is 9.74. The lowest BCUT2D eigenvalue weighted by molar-refractivity contribution is -0.141. The van der Waals surface area contributed by atoms with E-state index in [9.17, 15) is 24.0 Å². The molecule has 0 spiro atoms. The van der Waals surface area contributed by atoms with Crippen LogP contribution in [0.5, 0.6) is 0 Å². The Morgan fingerprint density at radius 2 is 1.68 bits per heavy atom. The van der Waals surface area contributed by atoms with Gasteiger partial charge in [0, 0.05) is 25.9 Å². The highest BCUT2D eigenvalue weighted by atomic mass is 16.5. The van der Waals surface area contributed by atoms with E-state index >= 15 is 0 Å². The second-order valence-corrected chi connectivity index (χ2v) is 7.23. The summed E-state index contributed by atoms with van der Waals surface area (Å²) in [6, 6.07) is -1.16. The van der Waals surface area contributed by atoms with E-state index in [0.29, 0.717) is 19.3 Å². The number of nitrogens with zero attached hydrogens (tertiary/aromatic N) is 1. The van der Waals surface area contributed by atoms with Crippen molar-refractivity contribution in [3.05, 3.63) is 0 Å². The summed E-state index contributed by atoms with van der Waals surface area (Å²) in [6.07, 6.45) is 4.02. The number of fused-ring (bicyclic) bond motifs is 1. The third-order valence-electron chi connectivity index (χ3n) is 5.24. The molecular formula is C18H28N4O6. The fourth-order valence-corrected chi connectivity index (χ4v) is 3.75. The van der Waals surface area contributed by atoms with Crippen molar-refractivity contribution in [1.82, 2.24) is 21.0 Å². The van der Waals surface area contributed by atoms with E-state index in [1.807, 2.05) is 6.92 Å². The maximum Gasteiger partial charge on any atom is 0.267 e. The van der Waals surface area contributed by atoms with Crippen LogP contribution in [-0.4, -0.2) is 58.8 Å². The second-order valence-electron chi connectivity index (χ2n) is 7.23. The number of carbonyl (C=O) groups excluding carboxylic acids is 5. The summed E-state index contributed by atoms with van der Waals surface area (Å²) in [5.41, 5.74) is 1.45. The van der Waals surface area contributed by atoms with Crippen LogP contribution in [0.25, 0.3) is 0 Å². The molecule has 0 aromatic heterocycles. The van der Waals surface area contributed by atoms with Crippen molar-refractivity contribution in [1.29, 1.82) is 0 Å². The van der Waals surface area contributed by atoms with Crippen LogP contribution >= 0.6 is 0 Å². The smallest absolute Gasteiger partial charge is 0.267 e. The minimum Gasteiger partial charge on any atom is -0.353 e. The Balaban J connectivity index is 1.86. The van der Waals surface area contributed by atoms with E-state index in [1.165, 1.54) is 5.48 Å². The predicted molar refractivity (Wildman–Crippen MR) is 96.6 cm³/mol. The molecule has 1 saturated carbocycles. The summed E-state index contributed by atoms with van der Waals surface area (Å²) in [5.74, 6) is -2.70. The van der Waals surface area contributed by atoms with Gasteiger partial charge in [-0.2, -0.15) is 0 Å². The van der Waals surface area contributed by atoms with Crippen LogP contribution in [0.4, 0.5) is 0 Å². The Labute approximate surface area is 163 Å². The summed E-state index contributed by atoms with van der Waals surface area (Å²) < 4.78 is 0. The molecule has 1 aliphatic carbocycles. The molecule has 4 N–H and O–H groups in total. The fourth-order valence-electron chi connectivity index (χ4n) is 3.75. The first-order chi connectivity index (χ1) is 13.4. The third kappa shape index (κ3) is 5.28. The molecule has 0 aromatic rings. The summed E-state index contributed by atoms with van der Waals surface area (Å²) in [4.78, 5) is 61.4. The van der Waals surface area contributed by atoms with E-state index in [1.54, 1.807) is 0 Å². The van der Waals surface area contributed by atoms with E-state index in [0.717, 1.165) is 17.7 Å². The van der Waals surface area contributed by atoms with Crippen molar-refractivity contribution < 1.29 is 29.2 Å². The molecule has 0 aromatic carbocycles. The number of likely N-dealkylation sites (tertiary alicyclic amines) is 1. The molecule has 2 fully saturated rings. The molecule has 0 radical (unpaired) electrons. The van der Waals surface area contributed by atoms with Gasteiger partial charge in [0.25, 0.3) is 5.91 Å². The lowest BCUT2D eigenvalue weighted by Crippen LogP contribution is -2.52. The summed E-state index contributed by atoms with van der Waals surface area (Å²) >= 11 is 0. The standard InChI is InChI=1S/C18H28N4O6/c1-2-5-14(23)19-10-13(16(25)21-28)20-15(24)8-9-22-17(26)11-6-3-4-7-12(11)18(22)27/h11-13,28H,2-10H2,1H3,(H,19,23)(H,20,24)(H,21,25)/t11-,12+,13-/m0/s1. The highest BCUT2D eigenvalue weighted by molar-refractivity contribution is 6.05. The Morgan fingerprint density at radius 3 is 2.21 bits per heavy atom. The largest absolute Gasteiger partial charge is 0.353 e. The van der Waals surface area contributed by atoms with Crippen molar-refractivity contribution >= 4 is 29.5 Å². The zero-order chi connectivity index (χ0) is 20.7. The maximum absolute atomic E-state index is 12.4. The number of nitrogens with one attached hydrogen (secondary N) is 3. The Hall–Kier alpha value is -2.49. The van der Waals surface area contributed by atoms with Gasteiger partial charge < -0.3 is 10.6 Å². The van der Waals surface area contributed by atoms with Crippen LogP contribution in [0.15, 0.2) is 0 Å². The zero-order valence-electron chi connectivity index (χ0n) is 16.0. The van der Waals surface area contributed by atoms with E-state index < -0.39 is 17.9 Å². The third-order valence-corrected chi connectivity index (χ3v) is 5.24. The normalized spacial score (nSPS) is 22.4. The van der Waals surface area contributed by atoms with Crippen molar-refractivity contribution in [2.24, 2.45) is 11.8 Å². The fraction of sp³-hybridized carbons (Fsp3) is 0.722. The van der Waals surface area contributed by atoms with Gasteiger partial charge in [0.1, 0.15) is 6.04 Å². The lowest BCUT2D eigenvalue weighted by Gasteiger charge is -2.19. The van der Waals surface area contributed by atoms with Crippen LogP contribution in [0.3, 0.4) is 0 Å². The zero-order valence-corrected chi connectivity index (χ0v) is 16.0. The van der Waals surface area contributed by atoms with Crippen molar-refractivity contribution in [2.75, 3.05) is 13.1 Å². The van der Waals surface area contributed by atoms with Gasteiger partial charge in [-0.25, -0.2) is 5.48 Å². The molecular weight excluding hydrogens is 368 g/mol. The molecule has 10 heteroatoms. The highest BCUT2D eigenvalue weighted by Crippen LogP contribution is 2.37. The number of hydrogen-bond donors (Lipinski definition) is 4. The second kappa shape index (κ2) is 10.2. The number of hydrogen-bond acceptors (Lipinski definition) is 6. The Bertz CT molecular complexity index is 614. The van der Waals surface area contributed by atoms with Gasteiger partial charge in [-0.1, -0.05) is 19.8 Å². The van der Waals surface area contributed by atoms with Gasteiger partial charge in [0.15, 0.2) is 0 Å². The Morgan fingerprint density at radius 1 is 1.07 bits per heavy atom. The molecule has 0 bridgehead atoms. The molecule has 28 heavy (non-hydrogen) atoms. The summed E-state index contributed by atoms with van der Waals surface area (Å²) in [7, 11) is 0. The van der Waals surface area contributed by atoms with Crippen molar-refractivity contribution in [3.63, 3.8) is 0 Å². The van der Waals surface area contributed by atoms with Crippen LogP contribution in [0, 0.1) is 11.8 Å². The molecule has 10 nitrogen and oxygen atoms in total. The molecule has 2 rings (SSSR count). The monoisotopic (exact) mass is 396 g/mol. The van der Waals surface area contributed by atoms with Gasteiger partial charge >= 0.3 is 0 Å². The van der Waals surface area contributed by atoms with Crippen LogP contribution in [-0.2, 0) is 24.0 Å². The van der Waals surface area contributed by atoms with Gasteiger partial charge in [-0.3, -0.25) is 34.1 Å². The van der Waals surface area contributed by atoms with Gasteiger partial charge in [-0.05, 0) is 19.3 Å². The topological polar surface area (TPSA) is 145 Å². The van der Waals surface area contributed by atoms with E-state index in [4.69, 9.17) is 5.21 Å². The average molecular weight is 396 g/mol. The average Bonchev–Trinajstić information content (AvgIpc) is 2.93. The molecule has 1 aliphatic heterocycles. The van der Waals surface area contributed by atoms with E-state index in [2.05, 4.69) is 10.6 Å². The first-order valence-corrected chi connectivity index (χ1v) is 9.74. The molecule has 1 saturated heterocycles. The molecule has 2 aliphatic rings. The van der Waals surface area contributed by atoms with Gasteiger partial charge in [-0.15, -0.1) is 0 Å². The van der Waals surface area contributed by atoms with Gasteiger partial charge in [0.2, 0.25) is 23.6 Å². The molecule has 5 amide bonds. The van der Waals surface area contributed by atoms with E-state index in [-0.39, 0.29) is 55.5 Å². The van der Waals surface area contributed by atoms with Crippen molar-refractivity contribution in [3.8, 4) is 0 Å². The number of amides is 5. The molecule has 156 valence electrons. The SMILES string of the molecule is CCCC(=O)NC[C@H](NC(=O)CCN1C(=O)[C@H]2CCCC[C@H]2C1=O)C(=O)NO. The molecule has 3 atom stereocenters. The van der Waals surface area contributed by atoms with Crippen molar-refractivity contribution in [2.45, 2.75) is 57.9 Å². The molecule has 1 heterocycles. The van der Waals surface area contributed by atoms with Crippen LogP contribution in [0.2, 0.25) is 0 Å². The predicted octanol–water partition coefficient (Wildman–Crippen LogP) is -0.542. The summed E-state index contributed by atoms with van der Waals surface area (Å²) in [5, 5.41) is 13.7. The number of imide groups is 1. The highest BCUT2D eigenvalue weighted by Gasteiger charge is 2.47. The lowest BCUT2D eigenvalue weighted by atomic mass is 9.81. The van der Waals surface area contributed by atoms with Crippen LogP contribution in [0.1, 0.15) is 51.9 Å². The number of carbonyl (C=O) groups is 5. The summed E-state index contributed by atoms with van der Waals surface area (Å²) in [6.45, 7) is 1.60. The molecule has 0 unspecified atom stereocenters. The first kappa shape index (κ1) is 21.8. The minimum atomic E-state index is -1.16. The minimum absolute atomic E-state index is 0.0494. The number of rotatable bonds is 9. The quantitative estimate of drug-likeness (QED) is 0.234. The maximum atomic E-state index is 12.4. The van der Waals surface area contributed by atoms with Crippen LogP contribution < -0.4 is 16.1 Å². The Kier molecular flexibility index (Phi) is 7.91.